The molecule has 228 valence electrons. The van der Waals surface area contributed by atoms with Crippen LogP contribution in [0.4, 0.5) is 0 Å². The van der Waals surface area contributed by atoms with E-state index in [9.17, 15) is 45.6 Å². The first-order valence-electron chi connectivity index (χ1n) is 12.8. The predicted octanol–water partition coefficient (Wildman–Crippen LogP) is -1.48. The molecule has 2 saturated heterocycles. The van der Waals surface area contributed by atoms with Gasteiger partial charge in [-0.15, -0.1) is 0 Å². The lowest BCUT2D eigenvalue weighted by molar-refractivity contribution is -0.307. The van der Waals surface area contributed by atoms with Gasteiger partial charge in [0.1, 0.15) is 71.0 Å². The average molecular weight is 595 g/mol. The van der Waals surface area contributed by atoms with Crippen LogP contribution in [0.3, 0.4) is 0 Å². The third kappa shape index (κ3) is 5.74. The van der Waals surface area contributed by atoms with E-state index in [-0.39, 0.29) is 46.1 Å². The van der Waals surface area contributed by atoms with E-state index in [0.717, 1.165) is 6.07 Å². The first kappa shape index (κ1) is 30.0. The molecule has 2 aliphatic rings. The van der Waals surface area contributed by atoms with Crippen molar-refractivity contribution in [3.05, 3.63) is 46.6 Å². The minimum atomic E-state index is -1.79. The molecule has 0 saturated carbocycles. The van der Waals surface area contributed by atoms with Gasteiger partial charge >= 0.3 is 0 Å². The second kappa shape index (κ2) is 12.0. The average Bonchev–Trinajstić information content (AvgIpc) is 2.97. The fraction of sp³-hybridized carbons (Fsp3) is 0.444. The summed E-state index contributed by atoms with van der Waals surface area (Å²) >= 11 is 0. The highest BCUT2D eigenvalue weighted by Crippen LogP contribution is 2.36. The van der Waals surface area contributed by atoms with Crippen molar-refractivity contribution < 1.29 is 69.0 Å². The summed E-state index contributed by atoms with van der Waals surface area (Å²) in [5.74, 6) is -0.711. The summed E-state index contributed by atoms with van der Waals surface area (Å²) in [4.78, 5) is 13.2. The number of hydrogen-bond donors (Lipinski definition) is 8. The van der Waals surface area contributed by atoms with Gasteiger partial charge in [0.05, 0.1) is 20.3 Å². The molecule has 0 unspecified atom stereocenters. The van der Waals surface area contributed by atoms with Gasteiger partial charge in [0.2, 0.25) is 6.29 Å². The molecule has 1 aromatic heterocycles. The number of phenolic OH excluding ortho intramolecular Hbond substituents is 2. The number of fused-ring (bicyclic) bond motifs is 1. The molecule has 0 bridgehead atoms. The summed E-state index contributed by atoms with van der Waals surface area (Å²) in [7, 11) is 1.35. The van der Waals surface area contributed by atoms with Crippen LogP contribution in [0.1, 0.15) is 0 Å². The van der Waals surface area contributed by atoms with Gasteiger partial charge in [-0.2, -0.15) is 0 Å². The Kier molecular flexibility index (Phi) is 8.56. The van der Waals surface area contributed by atoms with E-state index < -0.39 is 73.1 Å². The van der Waals surface area contributed by atoms with Crippen LogP contribution in [0.2, 0.25) is 0 Å². The number of ether oxygens (including phenoxy) is 5. The maximum Gasteiger partial charge on any atom is 0.229 e. The highest BCUT2D eigenvalue weighted by molar-refractivity contribution is 5.86. The Hall–Kier alpha value is -3.51. The zero-order valence-electron chi connectivity index (χ0n) is 22.0. The molecule has 2 fully saturated rings. The first-order valence-corrected chi connectivity index (χ1v) is 12.8. The number of methoxy groups -OCH3 is 1. The van der Waals surface area contributed by atoms with Crippen molar-refractivity contribution in [1.29, 1.82) is 0 Å². The van der Waals surface area contributed by atoms with Gasteiger partial charge in [0.25, 0.3) is 0 Å². The second-order valence-electron chi connectivity index (χ2n) is 9.89. The molecule has 2 aromatic carbocycles. The summed E-state index contributed by atoms with van der Waals surface area (Å²) in [6.07, 6.45) is -14.1. The zero-order valence-corrected chi connectivity index (χ0v) is 22.0. The van der Waals surface area contributed by atoms with Crippen molar-refractivity contribution in [3.63, 3.8) is 0 Å². The van der Waals surface area contributed by atoms with Crippen LogP contribution in [-0.2, 0) is 14.2 Å². The number of hydrogen-bond acceptors (Lipinski definition) is 15. The molecule has 5 rings (SSSR count). The number of aliphatic hydroxyl groups is 6. The van der Waals surface area contributed by atoms with E-state index in [2.05, 4.69) is 0 Å². The third-order valence-corrected chi connectivity index (χ3v) is 7.05. The summed E-state index contributed by atoms with van der Waals surface area (Å²) in [6.45, 7) is -0.829. The molecule has 3 heterocycles. The van der Waals surface area contributed by atoms with Gasteiger partial charge in [-0.25, -0.2) is 0 Å². The third-order valence-electron chi connectivity index (χ3n) is 7.05. The van der Waals surface area contributed by atoms with Crippen molar-refractivity contribution in [2.45, 2.75) is 55.3 Å². The van der Waals surface area contributed by atoms with E-state index in [1.165, 1.54) is 37.4 Å². The Labute approximate surface area is 236 Å². The monoisotopic (exact) mass is 594 g/mol. The summed E-state index contributed by atoms with van der Waals surface area (Å²) in [6, 6.07) is 7.71. The largest absolute Gasteiger partial charge is 0.504 e. The Balaban J connectivity index is 1.41. The minimum Gasteiger partial charge on any atom is -0.504 e. The molecular weight excluding hydrogens is 564 g/mol. The van der Waals surface area contributed by atoms with Gasteiger partial charge in [-0.3, -0.25) is 4.79 Å². The SMILES string of the molecule is COc1cc(O[C@@H]2O[C@H](CO[C@@H]3OC[C@@H](O)[C@H](O)[C@H]3O)[C@@H](O)[C@H](O)[C@H]2O)c2c(=O)cc(-c3ccc(O)c(O)c3)oc2c1. The number of benzene rings is 2. The molecule has 8 N–H and O–H groups in total. The molecule has 42 heavy (non-hydrogen) atoms. The quantitative estimate of drug-likeness (QED) is 0.146. The summed E-state index contributed by atoms with van der Waals surface area (Å²) < 4.78 is 33.2. The van der Waals surface area contributed by atoms with E-state index in [4.69, 9.17) is 28.1 Å². The lowest BCUT2D eigenvalue weighted by Gasteiger charge is -2.41. The van der Waals surface area contributed by atoms with Crippen LogP contribution in [0.5, 0.6) is 23.0 Å². The fourth-order valence-corrected chi connectivity index (χ4v) is 4.65. The van der Waals surface area contributed by atoms with Gasteiger partial charge in [-0.1, -0.05) is 0 Å². The van der Waals surface area contributed by atoms with Gasteiger partial charge < -0.3 is 69.0 Å². The van der Waals surface area contributed by atoms with Crippen LogP contribution < -0.4 is 14.9 Å². The standard InChI is InChI=1S/C27H30O15/c1-37-11-5-17-20(14(30)7-16(40-17)10-2-3-12(28)13(29)4-10)18(6-11)41-27-25(36)23(34)22(33)19(42-27)9-39-26-24(35)21(32)15(31)8-38-26/h2-7,15,19,21-29,31-36H,8-9H2,1H3/t15-,19-,21+,22-,23+,24-,25-,26+,27-/m1/s1. The lowest BCUT2D eigenvalue weighted by Crippen LogP contribution is -2.61. The predicted molar refractivity (Wildman–Crippen MR) is 139 cm³/mol. The number of aromatic hydroxyl groups is 2. The van der Waals surface area contributed by atoms with Crippen LogP contribution in [0, 0.1) is 0 Å². The molecule has 0 radical (unpaired) electrons. The van der Waals surface area contributed by atoms with Gasteiger partial charge in [0, 0.05) is 23.8 Å². The fourth-order valence-electron chi connectivity index (χ4n) is 4.65. The topological polar surface area (TPSA) is 238 Å². The highest BCUT2D eigenvalue weighted by atomic mass is 16.7. The zero-order chi connectivity index (χ0) is 30.3. The van der Waals surface area contributed by atoms with Crippen LogP contribution in [0.25, 0.3) is 22.3 Å². The number of rotatable bonds is 7. The van der Waals surface area contributed by atoms with E-state index in [0.29, 0.717) is 0 Å². The molecule has 9 atom stereocenters. The molecule has 15 heteroatoms. The summed E-state index contributed by atoms with van der Waals surface area (Å²) in [5, 5.41) is 80.5. The van der Waals surface area contributed by atoms with Crippen LogP contribution >= 0.6 is 0 Å². The Bertz CT molecular complexity index is 1470. The van der Waals surface area contributed by atoms with E-state index in [1.54, 1.807) is 0 Å². The molecule has 0 spiro atoms. The summed E-state index contributed by atoms with van der Waals surface area (Å²) in [5.41, 5.74) is -0.310. The maximum absolute atomic E-state index is 13.2. The molecule has 0 amide bonds. The second-order valence-corrected chi connectivity index (χ2v) is 9.89. The van der Waals surface area contributed by atoms with Gasteiger partial charge in [0.15, 0.2) is 23.2 Å². The van der Waals surface area contributed by atoms with Crippen molar-refractivity contribution in [3.8, 4) is 34.3 Å². The number of aliphatic hydroxyl groups excluding tert-OH is 6. The van der Waals surface area contributed by atoms with Crippen LogP contribution in [-0.4, -0.2) is 116 Å². The van der Waals surface area contributed by atoms with Crippen molar-refractivity contribution >= 4 is 11.0 Å². The molecule has 0 aliphatic carbocycles. The van der Waals surface area contributed by atoms with Crippen molar-refractivity contribution in [2.24, 2.45) is 0 Å². The normalized spacial score (nSPS) is 31.6. The molecule has 2 aliphatic heterocycles. The smallest absolute Gasteiger partial charge is 0.229 e. The van der Waals surface area contributed by atoms with Gasteiger partial charge in [-0.05, 0) is 18.2 Å². The maximum atomic E-state index is 13.2. The van der Waals surface area contributed by atoms with E-state index in [1.807, 2.05) is 0 Å². The first-order chi connectivity index (χ1) is 20.0. The van der Waals surface area contributed by atoms with Crippen molar-refractivity contribution in [1.82, 2.24) is 0 Å². The molecule has 3 aromatic rings. The Morgan fingerprint density at radius 2 is 1.60 bits per heavy atom. The number of phenols is 2. The van der Waals surface area contributed by atoms with Crippen LogP contribution in [0.15, 0.2) is 45.6 Å². The lowest BCUT2D eigenvalue weighted by atomic mass is 9.99. The van der Waals surface area contributed by atoms with E-state index >= 15 is 0 Å². The molecule has 15 nitrogen and oxygen atoms in total. The minimum absolute atomic E-state index is 0.00522. The Morgan fingerprint density at radius 3 is 2.31 bits per heavy atom. The van der Waals surface area contributed by atoms with Crippen molar-refractivity contribution in [2.75, 3.05) is 20.3 Å². The Morgan fingerprint density at radius 1 is 0.857 bits per heavy atom. The molecular formula is C27H30O15. The highest BCUT2D eigenvalue weighted by Gasteiger charge is 2.46.